The van der Waals surface area contributed by atoms with Crippen LogP contribution in [0.5, 0.6) is 5.75 Å². The first-order valence-electron chi connectivity index (χ1n) is 6.32. The Bertz CT molecular complexity index is 657. The standard InChI is InChI=1S/C14H16N2O4.ClH/c15-6-1-7-16-13(17)9-19-11-4-2-10-3-5-14(18)20-12(10)8-11;/h2-5,8H,1,6-7,9,15H2,(H,16,17);1H. The lowest BCUT2D eigenvalue weighted by molar-refractivity contribution is -0.123. The summed E-state index contributed by atoms with van der Waals surface area (Å²) in [7, 11) is 0. The van der Waals surface area contributed by atoms with E-state index in [9.17, 15) is 9.59 Å². The van der Waals surface area contributed by atoms with Crippen LogP contribution in [0, 0.1) is 0 Å². The number of hydrogen-bond donors (Lipinski definition) is 2. The highest BCUT2D eigenvalue weighted by Gasteiger charge is 2.04. The lowest BCUT2D eigenvalue weighted by Crippen LogP contribution is -2.30. The molecule has 0 saturated carbocycles. The normalized spacial score (nSPS) is 9.95. The molecule has 1 aromatic heterocycles. The largest absolute Gasteiger partial charge is 0.484 e. The molecule has 0 radical (unpaired) electrons. The SMILES string of the molecule is Cl.NCCCNC(=O)COc1ccc2ccc(=O)oc2c1. The van der Waals surface area contributed by atoms with E-state index < -0.39 is 5.63 Å². The van der Waals surface area contributed by atoms with Crippen molar-refractivity contribution in [2.45, 2.75) is 6.42 Å². The smallest absolute Gasteiger partial charge is 0.336 e. The number of carbonyl (C=O) groups excluding carboxylic acids is 1. The molecule has 1 aromatic carbocycles. The number of nitrogens with two attached hydrogens (primary N) is 1. The molecule has 1 heterocycles. The van der Waals surface area contributed by atoms with Crippen LogP contribution in [0.4, 0.5) is 0 Å². The van der Waals surface area contributed by atoms with Gasteiger partial charge < -0.3 is 20.2 Å². The van der Waals surface area contributed by atoms with Gasteiger partial charge in [-0.1, -0.05) is 0 Å². The minimum atomic E-state index is -0.422. The van der Waals surface area contributed by atoms with Gasteiger partial charge in [-0.25, -0.2) is 4.79 Å². The number of fused-ring (bicyclic) bond motifs is 1. The predicted octanol–water partition coefficient (Wildman–Crippen LogP) is 1.06. The Morgan fingerprint density at radius 2 is 2.05 bits per heavy atom. The molecule has 0 aliphatic carbocycles. The summed E-state index contributed by atoms with van der Waals surface area (Å²) in [6, 6.07) is 8.09. The third kappa shape index (κ3) is 5.09. The van der Waals surface area contributed by atoms with E-state index in [1.54, 1.807) is 24.3 Å². The first-order valence-corrected chi connectivity index (χ1v) is 6.32. The van der Waals surface area contributed by atoms with E-state index in [1.165, 1.54) is 6.07 Å². The van der Waals surface area contributed by atoms with Gasteiger partial charge in [0.1, 0.15) is 11.3 Å². The third-order valence-electron chi connectivity index (χ3n) is 2.67. The van der Waals surface area contributed by atoms with Crippen molar-refractivity contribution in [2.75, 3.05) is 19.7 Å². The van der Waals surface area contributed by atoms with Crippen LogP contribution in [-0.2, 0) is 4.79 Å². The summed E-state index contributed by atoms with van der Waals surface area (Å²) in [6.45, 7) is 0.975. The van der Waals surface area contributed by atoms with E-state index in [2.05, 4.69) is 5.32 Å². The van der Waals surface area contributed by atoms with Gasteiger partial charge in [-0.15, -0.1) is 12.4 Å². The average molecular weight is 313 g/mol. The molecular weight excluding hydrogens is 296 g/mol. The van der Waals surface area contributed by atoms with E-state index in [1.807, 2.05) is 0 Å². The van der Waals surface area contributed by atoms with Gasteiger partial charge in [0.15, 0.2) is 6.61 Å². The van der Waals surface area contributed by atoms with E-state index >= 15 is 0 Å². The maximum atomic E-state index is 11.5. The summed E-state index contributed by atoms with van der Waals surface area (Å²) in [5.41, 5.74) is 5.33. The molecule has 0 saturated heterocycles. The van der Waals surface area contributed by atoms with Crippen molar-refractivity contribution in [3.05, 3.63) is 40.8 Å². The van der Waals surface area contributed by atoms with Crippen molar-refractivity contribution in [1.29, 1.82) is 0 Å². The predicted molar refractivity (Wildman–Crippen MR) is 81.9 cm³/mol. The van der Waals surface area contributed by atoms with Gasteiger partial charge in [0.2, 0.25) is 0 Å². The molecule has 0 unspecified atom stereocenters. The maximum Gasteiger partial charge on any atom is 0.336 e. The molecule has 0 atom stereocenters. The van der Waals surface area contributed by atoms with Crippen LogP contribution in [0.2, 0.25) is 0 Å². The van der Waals surface area contributed by atoms with Gasteiger partial charge >= 0.3 is 5.63 Å². The van der Waals surface area contributed by atoms with Crippen molar-refractivity contribution in [3.63, 3.8) is 0 Å². The Labute approximate surface area is 127 Å². The molecule has 2 rings (SSSR count). The molecule has 0 aliphatic heterocycles. The molecule has 0 spiro atoms. The number of ether oxygens (including phenoxy) is 1. The van der Waals surface area contributed by atoms with Crippen molar-refractivity contribution in [2.24, 2.45) is 5.73 Å². The van der Waals surface area contributed by atoms with Crippen LogP contribution in [0.15, 0.2) is 39.5 Å². The lowest BCUT2D eigenvalue weighted by Gasteiger charge is -2.07. The van der Waals surface area contributed by atoms with Crippen molar-refractivity contribution < 1.29 is 13.9 Å². The highest BCUT2D eigenvalue weighted by Crippen LogP contribution is 2.19. The summed E-state index contributed by atoms with van der Waals surface area (Å²) in [6.07, 6.45) is 0.729. The monoisotopic (exact) mass is 312 g/mol. The number of amides is 1. The second-order valence-electron chi connectivity index (χ2n) is 4.23. The second kappa shape index (κ2) is 8.28. The fourth-order valence-electron chi connectivity index (χ4n) is 1.66. The van der Waals surface area contributed by atoms with Crippen LogP contribution < -0.4 is 21.4 Å². The van der Waals surface area contributed by atoms with Crippen molar-refractivity contribution >= 4 is 29.3 Å². The van der Waals surface area contributed by atoms with Gasteiger partial charge in [0, 0.05) is 24.1 Å². The van der Waals surface area contributed by atoms with Gasteiger partial charge in [-0.05, 0) is 31.2 Å². The first kappa shape index (κ1) is 17.0. The topological polar surface area (TPSA) is 94.6 Å². The number of rotatable bonds is 6. The summed E-state index contributed by atoms with van der Waals surface area (Å²) in [4.78, 5) is 22.6. The van der Waals surface area contributed by atoms with Gasteiger partial charge in [0.25, 0.3) is 5.91 Å². The van der Waals surface area contributed by atoms with Crippen molar-refractivity contribution in [3.8, 4) is 5.75 Å². The van der Waals surface area contributed by atoms with Crippen LogP contribution in [0.3, 0.4) is 0 Å². The molecular formula is C14H17ClN2O4. The minimum Gasteiger partial charge on any atom is -0.484 e. The number of carbonyl (C=O) groups is 1. The maximum absolute atomic E-state index is 11.5. The molecule has 1 amide bonds. The van der Waals surface area contributed by atoms with Crippen LogP contribution in [0.1, 0.15) is 6.42 Å². The van der Waals surface area contributed by atoms with Gasteiger partial charge in [-0.2, -0.15) is 0 Å². The molecule has 0 fully saturated rings. The Morgan fingerprint density at radius 1 is 1.29 bits per heavy atom. The van der Waals surface area contributed by atoms with Gasteiger partial charge in [-0.3, -0.25) is 4.79 Å². The zero-order chi connectivity index (χ0) is 14.4. The Kier molecular flexibility index (Phi) is 6.71. The fourth-order valence-corrected chi connectivity index (χ4v) is 1.66. The zero-order valence-corrected chi connectivity index (χ0v) is 12.2. The first-order chi connectivity index (χ1) is 9.69. The minimum absolute atomic E-state index is 0. The molecule has 0 bridgehead atoms. The highest BCUT2D eigenvalue weighted by atomic mass is 35.5. The van der Waals surface area contributed by atoms with Crippen molar-refractivity contribution in [1.82, 2.24) is 5.32 Å². The average Bonchev–Trinajstić information content (AvgIpc) is 2.45. The third-order valence-corrected chi connectivity index (χ3v) is 2.67. The number of halogens is 1. The quantitative estimate of drug-likeness (QED) is 0.614. The second-order valence-corrected chi connectivity index (χ2v) is 4.23. The van der Waals surface area contributed by atoms with Crippen LogP contribution in [0.25, 0.3) is 11.0 Å². The fraction of sp³-hybridized carbons (Fsp3) is 0.286. The van der Waals surface area contributed by atoms with Gasteiger partial charge in [0.05, 0.1) is 0 Å². The summed E-state index contributed by atoms with van der Waals surface area (Å²) in [5, 5.41) is 3.48. The Hall–Kier alpha value is -2.05. The molecule has 2 aromatic rings. The Balaban J connectivity index is 0.00000220. The van der Waals surface area contributed by atoms with Crippen LogP contribution >= 0.6 is 12.4 Å². The summed E-state index contributed by atoms with van der Waals surface area (Å²) in [5.74, 6) is 0.258. The summed E-state index contributed by atoms with van der Waals surface area (Å²) < 4.78 is 10.4. The van der Waals surface area contributed by atoms with E-state index in [4.69, 9.17) is 14.9 Å². The van der Waals surface area contributed by atoms with E-state index in [0.717, 1.165) is 11.8 Å². The molecule has 114 valence electrons. The lowest BCUT2D eigenvalue weighted by atomic mass is 10.2. The molecule has 21 heavy (non-hydrogen) atoms. The summed E-state index contributed by atoms with van der Waals surface area (Å²) >= 11 is 0. The molecule has 6 nitrogen and oxygen atoms in total. The zero-order valence-electron chi connectivity index (χ0n) is 11.3. The number of benzene rings is 1. The van der Waals surface area contributed by atoms with E-state index in [-0.39, 0.29) is 24.9 Å². The Morgan fingerprint density at radius 3 is 2.81 bits per heavy atom. The molecule has 0 aliphatic rings. The molecule has 3 N–H and O–H groups in total. The number of hydrogen-bond acceptors (Lipinski definition) is 5. The van der Waals surface area contributed by atoms with E-state index in [0.29, 0.717) is 24.4 Å². The highest BCUT2D eigenvalue weighted by molar-refractivity contribution is 5.85. The van der Waals surface area contributed by atoms with Crippen LogP contribution in [-0.4, -0.2) is 25.6 Å². The number of nitrogens with one attached hydrogen (secondary N) is 1. The molecule has 7 heteroatoms.